The van der Waals surface area contributed by atoms with Crippen LogP contribution in [0.2, 0.25) is 0 Å². The number of amides is 1. The number of carbonyl (C=O) groups excluding carboxylic acids is 1. The molecular formula is C20H22N4O3S2. The molecule has 0 aliphatic rings. The van der Waals surface area contributed by atoms with Crippen LogP contribution in [0, 0.1) is 20.8 Å². The van der Waals surface area contributed by atoms with E-state index in [9.17, 15) is 13.2 Å². The van der Waals surface area contributed by atoms with Crippen LogP contribution in [0.1, 0.15) is 45.6 Å². The minimum absolute atomic E-state index is 0.121. The van der Waals surface area contributed by atoms with E-state index in [0.717, 1.165) is 33.6 Å². The molecule has 2 aromatic carbocycles. The second kappa shape index (κ2) is 8.40. The van der Waals surface area contributed by atoms with Gasteiger partial charge in [-0.3, -0.25) is 10.1 Å². The van der Waals surface area contributed by atoms with Crippen molar-refractivity contribution in [2.45, 2.75) is 38.1 Å². The SMILES string of the molecule is Cc1ccc(C(=O)Nc2nnc(S(=O)(=O)N[C@@H](C)c3cc(C)ccc3C)s2)cc1. The van der Waals surface area contributed by atoms with Crippen molar-refractivity contribution in [1.29, 1.82) is 0 Å². The highest BCUT2D eigenvalue weighted by molar-refractivity contribution is 7.91. The van der Waals surface area contributed by atoms with Gasteiger partial charge in [0.25, 0.3) is 15.9 Å². The lowest BCUT2D eigenvalue weighted by Crippen LogP contribution is -2.27. The highest BCUT2D eigenvalue weighted by atomic mass is 32.2. The van der Waals surface area contributed by atoms with Crippen LogP contribution >= 0.6 is 11.3 Å². The highest BCUT2D eigenvalue weighted by Gasteiger charge is 2.24. The zero-order valence-corrected chi connectivity index (χ0v) is 18.2. The minimum Gasteiger partial charge on any atom is -0.296 e. The number of hydrogen-bond acceptors (Lipinski definition) is 6. The summed E-state index contributed by atoms with van der Waals surface area (Å²) in [5.41, 5.74) is 4.43. The van der Waals surface area contributed by atoms with Gasteiger partial charge in [0.05, 0.1) is 0 Å². The largest absolute Gasteiger partial charge is 0.296 e. The Labute approximate surface area is 174 Å². The quantitative estimate of drug-likeness (QED) is 0.580. The van der Waals surface area contributed by atoms with E-state index in [0.29, 0.717) is 5.56 Å². The van der Waals surface area contributed by atoms with E-state index in [4.69, 9.17) is 0 Å². The molecule has 3 rings (SSSR count). The third-order valence-corrected chi connectivity index (χ3v) is 7.15. The first-order chi connectivity index (χ1) is 13.7. The lowest BCUT2D eigenvalue weighted by atomic mass is 10.0. The number of aromatic nitrogens is 2. The number of anilines is 1. The molecule has 0 aliphatic heterocycles. The second-order valence-corrected chi connectivity index (χ2v) is 9.76. The molecule has 0 aliphatic carbocycles. The lowest BCUT2D eigenvalue weighted by Gasteiger charge is -2.16. The van der Waals surface area contributed by atoms with Crippen molar-refractivity contribution in [3.05, 3.63) is 70.3 Å². The average Bonchev–Trinajstić information content (AvgIpc) is 3.13. The molecule has 3 aromatic rings. The molecular weight excluding hydrogens is 408 g/mol. The molecule has 0 saturated heterocycles. The first kappa shape index (κ1) is 21.1. The number of hydrogen-bond donors (Lipinski definition) is 2. The van der Waals surface area contributed by atoms with Crippen LogP contribution in [0.5, 0.6) is 0 Å². The van der Waals surface area contributed by atoms with Gasteiger partial charge < -0.3 is 0 Å². The third-order valence-electron chi connectivity index (χ3n) is 4.40. The van der Waals surface area contributed by atoms with E-state index >= 15 is 0 Å². The molecule has 0 fully saturated rings. The van der Waals surface area contributed by atoms with Gasteiger partial charge in [0.2, 0.25) is 9.47 Å². The van der Waals surface area contributed by atoms with E-state index in [2.05, 4.69) is 20.2 Å². The van der Waals surface area contributed by atoms with E-state index in [1.165, 1.54) is 0 Å². The smallest absolute Gasteiger partial charge is 0.270 e. The summed E-state index contributed by atoms with van der Waals surface area (Å²) in [4.78, 5) is 12.3. The zero-order valence-electron chi connectivity index (χ0n) is 16.6. The van der Waals surface area contributed by atoms with E-state index < -0.39 is 16.1 Å². The maximum Gasteiger partial charge on any atom is 0.270 e. The van der Waals surface area contributed by atoms with Crippen LogP contribution < -0.4 is 10.0 Å². The summed E-state index contributed by atoms with van der Waals surface area (Å²) >= 11 is 0.806. The van der Waals surface area contributed by atoms with E-state index in [1.807, 2.05) is 51.1 Å². The summed E-state index contributed by atoms with van der Waals surface area (Å²) in [6.07, 6.45) is 0. The molecule has 0 radical (unpaired) electrons. The normalized spacial score (nSPS) is 12.6. The Morgan fingerprint density at radius 2 is 1.66 bits per heavy atom. The average molecular weight is 431 g/mol. The second-order valence-electron chi connectivity index (χ2n) is 6.90. The van der Waals surface area contributed by atoms with Gasteiger partial charge in [0, 0.05) is 11.6 Å². The van der Waals surface area contributed by atoms with Gasteiger partial charge >= 0.3 is 0 Å². The van der Waals surface area contributed by atoms with Gasteiger partial charge in [0.15, 0.2) is 0 Å². The summed E-state index contributed by atoms with van der Waals surface area (Å²) in [5, 5.41) is 10.2. The van der Waals surface area contributed by atoms with Gasteiger partial charge in [-0.2, -0.15) is 0 Å². The predicted molar refractivity (Wildman–Crippen MR) is 114 cm³/mol. The Morgan fingerprint density at radius 1 is 1.00 bits per heavy atom. The van der Waals surface area contributed by atoms with Crippen LogP contribution in [0.25, 0.3) is 0 Å². The number of nitrogens with zero attached hydrogens (tertiary/aromatic N) is 2. The molecule has 2 N–H and O–H groups in total. The molecule has 1 amide bonds. The third kappa shape index (κ3) is 5.06. The number of sulfonamides is 1. The Bertz CT molecular complexity index is 1140. The van der Waals surface area contributed by atoms with Crippen molar-refractivity contribution in [2.75, 3.05) is 5.32 Å². The van der Waals surface area contributed by atoms with Crippen molar-refractivity contribution >= 4 is 32.4 Å². The Kier molecular flexibility index (Phi) is 6.11. The Morgan fingerprint density at radius 3 is 2.34 bits per heavy atom. The molecule has 1 heterocycles. The van der Waals surface area contributed by atoms with Crippen LogP contribution in [-0.2, 0) is 10.0 Å². The van der Waals surface area contributed by atoms with Gasteiger partial charge in [0.1, 0.15) is 0 Å². The number of nitrogens with one attached hydrogen (secondary N) is 2. The summed E-state index contributed by atoms with van der Waals surface area (Å²) < 4.78 is 27.8. The lowest BCUT2D eigenvalue weighted by molar-refractivity contribution is 0.102. The topological polar surface area (TPSA) is 101 Å². The summed E-state index contributed by atoms with van der Waals surface area (Å²) in [6.45, 7) is 7.59. The Balaban J connectivity index is 1.73. The van der Waals surface area contributed by atoms with Crippen LogP contribution in [0.3, 0.4) is 0 Å². The fourth-order valence-corrected chi connectivity index (χ4v) is 4.95. The van der Waals surface area contributed by atoms with Crippen molar-refractivity contribution < 1.29 is 13.2 Å². The molecule has 7 nitrogen and oxygen atoms in total. The molecule has 9 heteroatoms. The molecule has 0 spiro atoms. The molecule has 0 saturated carbocycles. The van der Waals surface area contributed by atoms with Gasteiger partial charge in [-0.25, -0.2) is 13.1 Å². The molecule has 1 aromatic heterocycles. The van der Waals surface area contributed by atoms with Crippen molar-refractivity contribution in [1.82, 2.24) is 14.9 Å². The highest BCUT2D eigenvalue weighted by Crippen LogP contribution is 2.24. The first-order valence-corrected chi connectivity index (χ1v) is 11.3. The fraction of sp³-hybridized carbons (Fsp3) is 0.250. The standard InChI is InChI=1S/C20H22N4O3S2/c1-12-6-9-16(10-7-12)18(25)21-19-22-23-20(28-19)29(26,27)24-15(4)17-11-13(2)5-8-14(17)3/h5-11,15,24H,1-4H3,(H,21,22,25)/t15-/m0/s1. The Hall–Kier alpha value is -2.62. The van der Waals surface area contributed by atoms with E-state index in [1.54, 1.807) is 19.1 Å². The number of rotatable bonds is 6. The molecule has 1 atom stereocenters. The van der Waals surface area contributed by atoms with Crippen molar-refractivity contribution in [2.24, 2.45) is 0 Å². The van der Waals surface area contributed by atoms with E-state index in [-0.39, 0.29) is 15.4 Å². The first-order valence-electron chi connectivity index (χ1n) is 8.97. The fourth-order valence-electron chi connectivity index (χ4n) is 2.82. The van der Waals surface area contributed by atoms with Crippen molar-refractivity contribution in [3.63, 3.8) is 0 Å². The molecule has 29 heavy (non-hydrogen) atoms. The number of carbonyl (C=O) groups is 1. The number of benzene rings is 2. The van der Waals surface area contributed by atoms with Gasteiger partial charge in [-0.1, -0.05) is 52.8 Å². The molecule has 152 valence electrons. The summed E-state index contributed by atoms with van der Waals surface area (Å²) in [5.74, 6) is -0.373. The predicted octanol–water partition coefficient (Wildman–Crippen LogP) is 3.76. The van der Waals surface area contributed by atoms with Gasteiger partial charge in [-0.05, 0) is 51.0 Å². The maximum absolute atomic E-state index is 12.7. The zero-order chi connectivity index (χ0) is 21.2. The van der Waals surface area contributed by atoms with Crippen molar-refractivity contribution in [3.8, 4) is 0 Å². The summed E-state index contributed by atoms with van der Waals surface area (Å²) in [6, 6.07) is 12.5. The molecule has 0 bridgehead atoms. The van der Waals surface area contributed by atoms with Crippen LogP contribution in [0.4, 0.5) is 5.13 Å². The maximum atomic E-state index is 12.7. The molecule has 0 unspecified atom stereocenters. The van der Waals surface area contributed by atoms with Crippen LogP contribution in [0.15, 0.2) is 46.8 Å². The minimum atomic E-state index is -3.88. The number of aryl methyl sites for hydroxylation is 3. The monoisotopic (exact) mass is 430 g/mol. The summed E-state index contributed by atoms with van der Waals surface area (Å²) in [7, 11) is -3.88. The van der Waals surface area contributed by atoms with Gasteiger partial charge in [-0.15, -0.1) is 10.2 Å². The van der Waals surface area contributed by atoms with Crippen LogP contribution in [-0.4, -0.2) is 24.5 Å².